The van der Waals surface area contributed by atoms with Crippen molar-refractivity contribution < 1.29 is 22.1 Å². The molecule has 1 aromatic heterocycles. The molecule has 0 aliphatic carbocycles. The first-order valence-electron chi connectivity index (χ1n) is 10.3. The SMILES string of the molecule is Cc1nc(-c2ccc(C)c(S(=O)(=O)N3CCC(C(=O)Nc4ccc(F)c(Cl)c4)CC3)c2)no1. The van der Waals surface area contributed by atoms with Crippen molar-refractivity contribution in [1.29, 1.82) is 0 Å². The molecule has 8 nitrogen and oxygen atoms in total. The summed E-state index contributed by atoms with van der Waals surface area (Å²) in [4.78, 5) is 16.9. The Morgan fingerprint density at radius 3 is 2.55 bits per heavy atom. The maximum atomic E-state index is 13.3. The lowest BCUT2D eigenvalue weighted by Crippen LogP contribution is -2.41. The van der Waals surface area contributed by atoms with E-state index in [2.05, 4.69) is 15.5 Å². The fourth-order valence-corrected chi connectivity index (χ4v) is 5.65. The monoisotopic (exact) mass is 492 g/mol. The number of hydrogen-bond donors (Lipinski definition) is 1. The summed E-state index contributed by atoms with van der Waals surface area (Å²) in [6.07, 6.45) is 0.728. The van der Waals surface area contributed by atoms with Gasteiger partial charge in [-0.1, -0.05) is 28.9 Å². The van der Waals surface area contributed by atoms with Gasteiger partial charge in [-0.15, -0.1) is 0 Å². The number of sulfonamides is 1. The quantitative estimate of drug-likeness (QED) is 0.572. The normalized spacial score (nSPS) is 15.5. The number of piperidine rings is 1. The van der Waals surface area contributed by atoms with Gasteiger partial charge in [-0.25, -0.2) is 12.8 Å². The van der Waals surface area contributed by atoms with Crippen molar-refractivity contribution in [1.82, 2.24) is 14.4 Å². The second-order valence-corrected chi connectivity index (χ2v) is 10.2. The molecule has 0 saturated carbocycles. The van der Waals surface area contributed by atoms with Crippen LogP contribution in [0.15, 0.2) is 45.8 Å². The van der Waals surface area contributed by atoms with Crippen LogP contribution < -0.4 is 5.32 Å². The summed E-state index contributed by atoms with van der Waals surface area (Å²) in [6, 6.07) is 8.96. The van der Waals surface area contributed by atoms with Crippen LogP contribution in [0.2, 0.25) is 5.02 Å². The summed E-state index contributed by atoms with van der Waals surface area (Å²) in [5.41, 5.74) is 1.54. The van der Waals surface area contributed by atoms with Crippen LogP contribution in [0.1, 0.15) is 24.3 Å². The third kappa shape index (κ3) is 4.92. The number of amides is 1. The van der Waals surface area contributed by atoms with Crippen molar-refractivity contribution in [2.75, 3.05) is 18.4 Å². The molecule has 2 aromatic carbocycles. The molecule has 1 amide bonds. The Morgan fingerprint density at radius 1 is 1.18 bits per heavy atom. The van der Waals surface area contributed by atoms with Crippen LogP contribution in [-0.4, -0.2) is 41.9 Å². The fraction of sp³-hybridized carbons (Fsp3) is 0.318. The second kappa shape index (κ2) is 9.20. The minimum Gasteiger partial charge on any atom is -0.339 e. The van der Waals surface area contributed by atoms with Crippen LogP contribution in [0.4, 0.5) is 10.1 Å². The summed E-state index contributed by atoms with van der Waals surface area (Å²) in [7, 11) is -3.78. The van der Waals surface area contributed by atoms with Crippen LogP contribution in [0.3, 0.4) is 0 Å². The maximum Gasteiger partial charge on any atom is 0.243 e. The molecule has 3 aromatic rings. The van der Waals surface area contributed by atoms with E-state index in [9.17, 15) is 17.6 Å². The molecule has 0 atom stereocenters. The molecule has 1 aliphatic heterocycles. The lowest BCUT2D eigenvalue weighted by Gasteiger charge is -2.31. The predicted molar refractivity (Wildman–Crippen MR) is 121 cm³/mol. The van der Waals surface area contributed by atoms with Gasteiger partial charge in [0.1, 0.15) is 5.82 Å². The van der Waals surface area contributed by atoms with Crippen molar-refractivity contribution >= 4 is 33.2 Å². The predicted octanol–water partition coefficient (Wildman–Crippen LogP) is 4.19. The van der Waals surface area contributed by atoms with E-state index in [0.717, 1.165) is 0 Å². The van der Waals surface area contributed by atoms with Gasteiger partial charge in [0.25, 0.3) is 0 Å². The second-order valence-electron chi connectivity index (χ2n) is 7.91. The standard InChI is InChI=1S/C22H22ClFN4O4S/c1-13-3-4-16(21-25-14(2)32-27-21)11-20(13)33(30,31)28-9-7-15(8-10-28)22(29)26-17-5-6-19(24)18(23)12-17/h3-6,11-12,15H,7-10H2,1-2H3,(H,26,29). The maximum absolute atomic E-state index is 13.3. The molecule has 1 N–H and O–H groups in total. The first-order valence-corrected chi connectivity index (χ1v) is 12.1. The van der Waals surface area contributed by atoms with E-state index in [4.69, 9.17) is 16.1 Å². The van der Waals surface area contributed by atoms with Crippen LogP contribution in [-0.2, 0) is 14.8 Å². The molecular weight excluding hydrogens is 471 g/mol. The highest BCUT2D eigenvalue weighted by atomic mass is 35.5. The number of aryl methyl sites for hydroxylation is 2. The summed E-state index contributed by atoms with van der Waals surface area (Å²) in [6.45, 7) is 3.80. The number of anilines is 1. The lowest BCUT2D eigenvalue weighted by molar-refractivity contribution is -0.120. The van der Waals surface area contributed by atoms with Crippen molar-refractivity contribution in [2.45, 2.75) is 31.6 Å². The third-order valence-corrected chi connectivity index (χ3v) is 7.93. The number of carbonyl (C=O) groups excluding carboxylic acids is 1. The van der Waals surface area contributed by atoms with E-state index in [0.29, 0.717) is 41.4 Å². The van der Waals surface area contributed by atoms with Crippen molar-refractivity contribution in [2.24, 2.45) is 5.92 Å². The molecule has 1 aliphatic rings. The molecule has 0 spiro atoms. The van der Waals surface area contributed by atoms with E-state index in [1.807, 2.05) is 0 Å². The fourth-order valence-electron chi connectivity index (χ4n) is 3.75. The molecule has 0 unspecified atom stereocenters. The first-order chi connectivity index (χ1) is 15.6. The van der Waals surface area contributed by atoms with Crippen molar-refractivity contribution in [3.63, 3.8) is 0 Å². The highest BCUT2D eigenvalue weighted by Crippen LogP contribution is 2.29. The molecule has 0 radical (unpaired) electrons. The number of aromatic nitrogens is 2. The van der Waals surface area contributed by atoms with Gasteiger partial charge in [0, 0.05) is 37.2 Å². The Morgan fingerprint density at radius 2 is 1.91 bits per heavy atom. The molecular formula is C22H22ClFN4O4S. The van der Waals surface area contributed by atoms with Gasteiger partial charge in [-0.2, -0.15) is 9.29 Å². The van der Waals surface area contributed by atoms with Gasteiger partial charge in [0.15, 0.2) is 0 Å². The number of carbonyl (C=O) groups is 1. The zero-order valence-corrected chi connectivity index (χ0v) is 19.6. The molecule has 2 heterocycles. The van der Waals surface area contributed by atoms with Gasteiger partial charge in [-0.3, -0.25) is 4.79 Å². The Balaban J connectivity index is 1.45. The number of nitrogens with zero attached hydrogens (tertiary/aromatic N) is 3. The first kappa shape index (κ1) is 23.3. The summed E-state index contributed by atoms with van der Waals surface area (Å²) < 4.78 is 46.4. The minimum atomic E-state index is -3.78. The summed E-state index contributed by atoms with van der Waals surface area (Å²) in [5.74, 6) is -0.476. The third-order valence-electron chi connectivity index (χ3n) is 5.60. The van der Waals surface area contributed by atoms with Crippen LogP contribution in [0, 0.1) is 25.6 Å². The molecule has 174 valence electrons. The molecule has 0 bridgehead atoms. The van der Waals surface area contributed by atoms with Gasteiger partial charge >= 0.3 is 0 Å². The van der Waals surface area contributed by atoms with Gasteiger partial charge in [-0.05, 0) is 49.6 Å². The van der Waals surface area contributed by atoms with Crippen molar-refractivity contribution in [3.05, 3.63) is 58.7 Å². The molecule has 1 saturated heterocycles. The number of rotatable bonds is 5. The zero-order chi connectivity index (χ0) is 23.8. The van der Waals surface area contributed by atoms with Gasteiger partial charge in [0.05, 0.1) is 9.92 Å². The van der Waals surface area contributed by atoms with Crippen molar-refractivity contribution in [3.8, 4) is 11.4 Å². The minimum absolute atomic E-state index is 0.0812. The number of halogens is 2. The average molecular weight is 493 g/mol. The highest BCUT2D eigenvalue weighted by molar-refractivity contribution is 7.89. The van der Waals surface area contributed by atoms with Crippen LogP contribution in [0.25, 0.3) is 11.4 Å². The Hall–Kier alpha value is -2.82. The Labute approximate surface area is 195 Å². The Bertz CT molecular complexity index is 1300. The van der Waals surface area contributed by atoms with E-state index in [1.54, 1.807) is 32.0 Å². The average Bonchev–Trinajstić information content (AvgIpc) is 3.23. The molecule has 33 heavy (non-hydrogen) atoms. The lowest BCUT2D eigenvalue weighted by atomic mass is 9.97. The molecule has 4 rings (SSSR count). The number of nitrogens with one attached hydrogen (secondary N) is 1. The van der Waals surface area contributed by atoms with Crippen LogP contribution in [0.5, 0.6) is 0 Å². The number of benzene rings is 2. The topological polar surface area (TPSA) is 105 Å². The Kier molecular flexibility index (Phi) is 6.51. The smallest absolute Gasteiger partial charge is 0.243 e. The van der Waals surface area contributed by atoms with Gasteiger partial charge in [0.2, 0.25) is 27.6 Å². The van der Waals surface area contributed by atoms with E-state index in [-0.39, 0.29) is 34.8 Å². The highest BCUT2D eigenvalue weighted by Gasteiger charge is 2.33. The molecule has 1 fully saturated rings. The summed E-state index contributed by atoms with van der Waals surface area (Å²) >= 11 is 5.76. The van der Waals surface area contributed by atoms with Gasteiger partial charge < -0.3 is 9.84 Å². The molecule has 11 heteroatoms. The zero-order valence-electron chi connectivity index (χ0n) is 18.0. The largest absolute Gasteiger partial charge is 0.339 e. The van der Waals surface area contributed by atoms with E-state index in [1.165, 1.54) is 22.5 Å². The van der Waals surface area contributed by atoms with E-state index < -0.39 is 15.8 Å². The van der Waals surface area contributed by atoms with Crippen LogP contribution >= 0.6 is 11.6 Å². The number of hydrogen-bond acceptors (Lipinski definition) is 6. The summed E-state index contributed by atoms with van der Waals surface area (Å²) in [5, 5.41) is 6.50. The van der Waals surface area contributed by atoms with E-state index >= 15 is 0 Å².